The molecule has 2 saturated heterocycles. The lowest BCUT2D eigenvalue weighted by Crippen LogP contribution is -2.48. The summed E-state index contributed by atoms with van der Waals surface area (Å²) in [4.78, 5) is 14.6. The molecule has 1 aromatic carbocycles. The van der Waals surface area contributed by atoms with Crippen molar-refractivity contribution in [2.75, 3.05) is 13.1 Å². The highest BCUT2D eigenvalue weighted by atomic mass is 16.7. The van der Waals surface area contributed by atoms with Crippen LogP contribution >= 0.6 is 0 Å². The highest BCUT2D eigenvalue weighted by Crippen LogP contribution is 2.36. The van der Waals surface area contributed by atoms with E-state index in [2.05, 4.69) is 0 Å². The van der Waals surface area contributed by atoms with Crippen molar-refractivity contribution in [2.24, 2.45) is 0 Å². The number of rotatable bonds is 2. The Morgan fingerprint density at radius 3 is 1.96 bits per heavy atom. The number of hydrogen-bond donors (Lipinski definition) is 0. The first-order valence-corrected chi connectivity index (χ1v) is 8.99. The van der Waals surface area contributed by atoms with E-state index in [1.165, 1.54) is 0 Å². The van der Waals surface area contributed by atoms with Gasteiger partial charge in [-0.1, -0.05) is 12.1 Å². The lowest BCUT2D eigenvalue weighted by molar-refractivity contribution is -0.0586. The molecule has 2 fully saturated rings. The van der Waals surface area contributed by atoms with Gasteiger partial charge >= 0.3 is 7.12 Å². The molecule has 2 aliphatic heterocycles. The van der Waals surface area contributed by atoms with E-state index in [4.69, 9.17) is 14.0 Å². The van der Waals surface area contributed by atoms with Crippen molar-refractivity contribution in [3.8, 4) is 0 Å². The summed E-state index contributed by atoms with van der Waals surface area (Å²) in [5.74, 6) is 0.0440. The second-order valence-corrected chi connectivity index (χ2v) is 8.18. The van der Waals surface area contributed by atoms with Crippen LogP contribution in [0.25, 0.3) is 0 Å². The zero-order valence-corrected chi connectivity index (χ0v) is 16.0. The molecule has 0 saturated carbocycles. The number of amides is 1. The Kier molecular flexibility index (Phi) is 4.73. The molecule has 0 bridgehead atoms. The van der Waals surface area contributed by atoms with Gasteiger partial charge in [-0.15, -0.1) is 0 Å². The summed E-state index contributed by atoms with van der Waals surface area (Å²) >= 11 is 0. The molecule has 2 heterocycles. The maximum atomic E-state index is 12.7. The number of carbonyl (C=O) groups is 1. The number of morpholine rings is 1. The molecule has 0 unspecified atom stereocenters. The monoisotopic (exact) mass is 345 g/mol. The second kappa shape index (κ2) is 6.42. The van der Waals surface area contributed by atoms with Crippen LogP contribution in [0.4, 0.5) is 0 Å². The molecule has 25 heavy (non-hydrogen) atoms. The zero-order chi connectivity index (χ0) is 18.4. The van der Waals surface area contributed by atoms with E-state index in [0.717, 1.165) is 5.46 Å². The van der Waals surface area contributed by atoms with E-state index in [-0.39, 0.29) is 29.3 Å². The molecule has 0 radical (unpaired) electrons. The molecule has 0 spiro atoms. The van der Waals surface area contributed by atoms with E-state index in [9.17, 15) is 4.79 Å². The summed E-state index contributed by atoms with van der Waals surface area (Å²) in [5, 5.41) is 0. The van der Waals surface area contributed by atoms with Crippen molar-refractivity contribution < 1.29 is 18.8 Å². The fourth-order valence-corrected chi connectivity index (χ4v) is 3.29. The average molecular weight is 345 g/mol. The maximum absolute atomic E-state index is 12.7. The Hall–Kier alpha value is -1.37. The second-order valence-electron chi connectivity index (χ2n) is 8.18. The number of hydrogen-bond acceptors (Lipinski definition) is 4. The van der Waals surface area contributed by atoms with Crippen LogP contribution in [-0.2, 0) is 14.0 Å². The molecule has 2 aliphatic rings. The molecule has 3 rings (SSSR count). The predicted molar refractivity (Wildman–Crippen MR) is 98.1 cm³/mol. The van der Waals surface area contributed by atoms with E-state index < -0.39 is 7.12 Å². The Morgan fingerprint density at radius 2 is 1.48 bits per heavy atom. The van der Waals surface area contributed by atoms with E-state index in [0.29, 0.717) is 18.7 Å². The van der Waals surface area contributed by atoms with Crippen LogP contribution in [0.15, 0.2) is 24.3 Å². The smallest absolute Gasteiger partial charge is 0.399 e. The van der Waals surface area contributed by atoms with Crippen molar-refractivity contribution >= 4 is 18.5 Å². The predicted octanol–water partition coefficient (Wildman–Crippen LogP) is 2.24. The van der Waals surface area contributed by atoms with Gasteiger partial charge in [-0.2, -0.15) is 0 Å². The van der Waals surface area contributed by atoms with Crippen LogP contribution < -0.4 is 5.46 Å². The number of ether oxygens (including phenoxy) is 1. The van der Waals surface area contributed by atoms with Gasteiger partial charge in [-0.25, -0.2) is 0 Å². The van der Waals surface area contributed by atoms with E-state index in [1.807, 2.05) is 70.7 Å². The summed E-state index contributed by atoms with van der Waals surface area (Å²) in [6.45, 7) is 13.4. The first kappa shape index (κ1) is 18.4. The van der Waals surface area contributed by atoms with Gasteiger partial charge in [-0.3, -0.25) is 4.79 Å². The first-order chi connectivity index (χ1) is 11.6. The number of carbonyl (C=O) groups excluding carboxylic acids is 1. The third kappa shape index (κ3) is 3.61. The SMILES string of the molecule is C[C@@H]1CN(C(=O)c2ccc(B3OC(C)(C)C(C)(C)O3)cc2)C[C@@H](C)O1. The van der Waals surface area contributed by atoms with Crippen LogP contribution in [0, 0.1) is 0 Å². The van der Waals surface area contributed by atoms with Crippen LogP contribution in [0.1, 0.15) is 51.9 Å². The van der Waals surface area contributed by atoms with Crippen molar-refractivity contribution in [1.29, 1.82) is 0 Å². The summed E-state index contributed by atoms with van der Waals surface area (Å²) in [7, 11) is -0.405. The van der Waals surface area contributed by atoms with Gasteiger partial charge in [0.05, 0.1) is 23.4 Å². The zero-order valence-electron chi connectivity index (χ0n) is 16.0. The molecule has 0 N–H and O–H groups in total. The highest BCUT2D eigenvalue weighted by Gasteiger charge is 2.51. The van der Waals surface area contributed by atoms with Gasteiger partial charge in [0.15, 0.2) is 0 Å². The molecule has 0 aliphatic carbocycles. The van der Waals surface area contributed by atoms with E-state index >= 15 is 0 Å². The largest absolute Gasteiger partial charge is 0.494 e. The highest BCUT2D eigenvalue weighted by molar-refractivity contribution is 6.62. The molecule has 0 aromatic heterocycles. The van der Waals surface area contributed by atoms with Gasteiger partial charge in [0, 0.05) is 18.7 Å². The molecule has 6 heteroatoms. The van der Waals surface area contributed by atoms with Crippen LogP contribution in [0.5, 0.6) is 0 Å². The Bertz CT molecular complexity index is 617. The topological polar surface area (TPSA) is 48.0 Å². The lowest BCUT2D eigenvalue weighted by atomic mass is 9.79. The summed E-state index contributed by atoms with van der Waals surface area (Å²) in [5.41, 5.74) is 0.874. The van der Waals surface area contributed by atoms with Gasteiger partial charge in [0.1, 0.15) is 0 Å². The summed E-state index contributed by atoms with van der Waals surface area (Å²) < 4.78 is 17.8. The third-order valence-electron chi connectivity index (χ3n) is 5.39. The molecule has 5 nitrogen and oxygen atoms in total. The minimum absolute atomic E-state index is 0.0440. The Labute approximate surface area is 150 Å². The fraction of sp³-hybridized carbons (Fsp3) is 0.632. The summed E-state index contributed by atoms with van der Waals surface area (Å²) in [6, 6.07) is 7.55. The third-order valence-corrected chi connectivity index (χ3v) is 5.39. The van der Waals surface area contributed by atoms with Crippen molar-refractivity contribution in [3.05, 3.63) is 29.8 Å². The Balaban J connectivity index is 1.72. The average Bonchev–Trinajstić information content (AvgIpc) is 2.74. The minimum atomic E-state index is -0.405. The van der Waals surface area contributed by atoms with Crippen LogP contribution in [0.2, 0.25) is 0 Å². The van der Waals surface area contributed by atoms with Crippen LogP contribution in [-0.4, -0.2) is 54.4 Å². The van der Waals surface area contributed by atoms with Gasteiger partial charge in [0.2, 0.25) is 0 Å². The molecular formula is C19H28BNO4. The first-order valence-electron chi connectivity index (χ1n) is 8.99. The Morgan fingerprint density at radius 1 is 1.00 bits per heavy atom. The van der Waals surface area contributed by atoms with Gasteiger partial charge < -0.3 is 18.9 Å². The molecule has 1 aromatic rings. The molecule has 136 valence electrons. The summed E-state index contributed by atoms with van der Waals surface area (Å²) in [6.07, 6.45) is 0.133. The van der Waals surface area contributed by atoms with Crippen LogP contribution in [0.3, 0.4) is 0 Å². The minimum Gasteiger partial charge on any atom is -0.399 e. The number of benzene rings is 1. The normalized spacial score (nSPS) is 28.2. The lowest BCUT2D eigenvalue weighted by Gasteiger charge is -2.35. The molecule has 2 atom stereocenters. The standard InChI is InChI=1S/C19H28BNO4/c1-13-11-21(12-14(2)23-13)17(22)15-7-9-16(10-8-15)20-24-18(3,4)19(5,6)25-20/h7-10,13-14H,11-12H2,1-6H3/t13-,14-/m1/s1. The van der Waals surface area contributed by atoms with Crippen molar-refractivity contribution in [3.63, 3.8) is 0 Å². The van der Waals surface area contributed by atoms with Crippen molar-refractivity contribution in [1.82, 2.24) is 4.90 Å². The number of nitrogens with zero attached hydrogens (tertiary/aromatic N) is 1. The fourth-order valence-electron chi connectivity index (χ4n) is 3.29. The maximum Gasteiger partial charge on any atom is 0.494 e. The molecule has 1 amide bonds. The molecular weight excluding hydrogens is 317 g/mol. The van der Waals surface area contributed by atoms with Gasteiger partial charge in [-0.05, 0) is 59.1 Å². The quantitative estimate of drug-likeness (QED) is 0.772. The van der Waals surface area contributed by atoms with E-state index in [1.54, 1.807) is 0 Å². The van der Waals surface area contributed by atoms with Crippen molar-refractivity contribution in [2.45, 2.75) is 65.0 Å². The van der Waals surface area contributed by atoms with Gasteiger partial charge in [0.25, 0.3) is 5.91 Å².